The van der Waals surface area contributed by atoms with Crippen LogP contribution in [0.15, 0.2) is 33.7 Å². The summed E-state index contributed by atoms with van der Waals surface area (Å²) in [5.74, 6) is 0.436. The van der Waals surface area contributed by atoms with Crippen LogP contribution < -0.4 is 0 Å². The second-order valence-electron chi connectivity index (χ2n) is 5.95. The van der Waals surface area contributed by atoms with Crippen molar-refractivity contribution in [3.63, 3.8) is 0 Å². The van der Waals surface area contributed by atoms with E-state index >= 15 is 0 Å². The first kappa shape index (κ1) is 18.1. The van der Waals surface area contributed by atoms with Gasteiger partial charge in [0.15, 0.2) is 0 Å². The average Bonchev–Trinajstić information content (AvgIpc) is 3.11. The molecular formula is C19H17FN4OS. The molecule has 0 spiro atoms. The van der Waals surface area contributed by atoms with Crippen molar-refractivity contribution in [2.24, 2.45) is 0 Å². The molecule has 1 atom stereocenters. The Balaban J connectivity index is 1.87. The van der Waals surface area contributed by atoms with Crippen LogP contribution in [0.1, 0.15) is 40.4 Å². The summed E-state index contributed by atoms with van der Waals surface area (Å²) in [7, 11) is 0. The van der Waals surface area contributed by atoms with Gasteiger partial charge < -0.3 is 4.42 Å². The molecule has 0 N–H and O–H groups in total. The summed E-state index contributed by atoms with van der Waals surface area (Å²) in [5, 5.41) is 18.1. The number of hydrogen-bond donors (Lipinski definition) is 0. The monoisotopic (exact) mass is 368 g/mol. The highest BCUT2D eigenvalue weighted by Crippen LogP contribution is 2.37. The summed E-state index contributed by atoms with van der Waals surface area (Å²) < 4.78 is 18.8. The number of aryl methyl sites for hydroxylation is 1. The lowest BCUT2D eigenvalue weighted by molar-refractivity contribution is 0.509. The van der Waals surface area contributed by atoms with Gasteiger partial charge in [0.05, 0.1) is 10.8 Å². The molecule has 0 saturated heterocycles. The quantitative estimate of drug-likeness (QED) is 0.608. The minimum absolute atomic E-state index is 0.183. The maximum atomic E-state index is 13.0. The van der Waals surface area contributed by atoms with E-state index in [1.54, 1.807) is 12.1 Å². The number of benzene rings is 1. The lowest BCUT2D eigenvalue weighted by atomic mass is 10.1. The van der Waals surface area contributed by atoms with Crippen molar-refractivity contribution < 1.29 is 8.81 Å². The van der Waals surface area contributed by atoms with Crippen LogP contribution >= 0.6 is 11.8 Å². The molecule has 26 heavy (non-hydrogen) atoms. The lowest BCUT2D eigenvalue weighted by Crippen LogP contribution is -2.00. The fourth-order valence-electron chi connectivity index (χ4n) is 2.45. The topological polar surface area (TPSA) is 75.6 Å². The first-order valence-electron chi connectivity index (χ1n) is 8.04. The molecule has 2 aromatic heterocycles. The van der Waals surface area contributed by atoms with E-state index < -0.39 is 0 Å². The molecule has 1 aromatic carbocycles. The van der Waals surface area contributed by atoms with E-state index in [1.807, 2.05) is 27.7 Å². The Morgan fingerprint density at radius 1 is 1.12 bits per heavy atom. The first-order chi connectivity index (χ1) is 12.4. The predicted octanol–water partition coefficient (Wildman–Crippen LogP) is 4.92. The Kier molecular flexibility index (Phi) is 5.05. The van der Waals surface area contributed by atoms with Crippen molar-refractivity contribution in [3.8, 4) is 17.5 Å². The van der Waals surface area contributed by atoms with Crippen molar-refractivity contribution in [3.05, 3.63) is 58.4 Å². The van der Waals surface area contributed by atoms with E-state index in [0.29, 0.717) is 27.9 Å². The third-order valence-corrected chi connectivity index (χ3v) is 5.32. The smallest absolute Gasteiger partial charge is 0.247 e. The van der Waals surface area contributed by atoms with Crippen LogP contribution in [0.3, 0.4) is 0 Å². The molecular weight excluding hydrogens is 351 g/mol. The van der Waals surface area contributed by atoms with Crippen molar-refractivity contribution in [1.82, 2.24) is 15.2 Å². The van der Waals surface area contributed by atoms with Crippen LogP contribution in [-0.2, 0) is 0 Å². The molecule has 0 fully saturated rings. The van der Waals surface area contributed by atoms with Gasteiger partial charge in [0.2, 0.25) is 11.8 Å². The molecule has 0 unspecified atom stereocenters. The average molecular weight is 368 g/mol. The number of rotatable bonds is 4. The number of thioether (sulfide) groups is 1. The van der Waals surface area contributed by atoms with E-state index in [9.17, 15) is 9.65 Å². The fourth-order valence-corrected chi connectivity index (χ4v) is 3.49. The molecule has 0 saturated carbocycles. The van der Waals surface area contributed by atoms with Crippen LogP contribution in [0.5, 0.6) is 0 Å². The van der Waals surface area contributed by atoms with Gasteiger partial charge in [0, 0.05) is 11.3 Å². The summed E-state index contributed by atoms with van der Waals surface area (Å²) in [6.07, 6.45) is 0. The molecule has 0 aliphatic carbocycles. The minimum Gasteiger partial charge on any atom is -0.419 e. The van der Waals surface area contributed by atoms with Crippen molar-refractivity contribution >= 4 is 11.8 Å². The van der Waals surface area contributed by atoms with E-state index in [0.717, 1.165) is 16.8 Å². The molecule has 0 bridgehead atoms. The molecule has 3 rings (SSSR count). The maximum Gasteiger partial charge on any atom is 0.247 e. The van der Waals surface area contributed by atoms with Gasteiger partial charge in [0.1, 0.15) is 16.9 Å². The van der Waals surface area contributed by atoms with Crippen LogP contribution in [0, 0.1) is 37.9 Å². The summed E-state index contributed by atoms with van der Waals surface area (Å²) in [5.41, 5.74) is 4.08. The Bertz CT molecular complexity index is 992. The highest BCUT2D eigenvalue weighted by molar-refractivity contribution is 7.99. The zero-order valence-electron chi connectivity index (χ0n) is 14.9. The van der Waals surface area contributed by atoms with Gasteiger partial charge in [-0.05, 0) is 63.1 Å². The second kappa shape index (κ2) is 7.26. The normalized spacial score (nSPS) is 12.0. The number of halogens is 1. The molecule has 0 radical (unpaired) electrons. The molecule has 7 heteroatoms. The summed E-state index contributed by atoms with van der Waals surface area (Å²) in [6.45, 7) is 7.73. The molecule has 2 heterocycles. The standard InChI is InChI=1S/C19H17FN4OS/c1-10-11(2)16(9-21)19(22-12(10)3)26-13(4)17-23-24-18(25-17)14-5-7-15(20)8-6-14/h5-8,13H,1-4H3/t13-/m0/s1. The summed E-state index contributed by atoms with van der Waals surface area (Å²) in [6, 6.07) is 8.11. The van der Waals surface area contributed by atoms with Gasteiger partial charge in [-0.1, -0.05) is 11.8 Å². The Morgan fingerprint density at radius 3 is 2.46 bits per heavy atom. The SMILES string of the molecule is Cc1nc(S[C@@H](C)c2nnc(-c3ccc(F)cc3)o2)c(C#N)c(C)c1C. The van der Waals surface area contributed by atoms with Crippen LogP contribution in [-0.4, -0.2) is 15.2 Å². The molecule has 3 aromatic rings. The van der Waals surface area contributed by atoms with Crippen molar-refractivity contribution in [2.45, 2.75) is 38.0 Å². The molecule has 0 aliphatic heterocycles. The molecule has 0 amide bonds. The van der Waals surface area contributed by atoms with Gasteiger partial charge in [0.25, 0.3) is 0 Å². The third kappa shape index (κ3) is 3.46. The Morgan fingerprint density at radius 2 is 1.81 bits per heavy atom. The largest absolute Gasteiger partial charge is 0.419 e. The van der Waals surface area contributed by atoms with Crippen molar-refractivity contribution in [1.29, 1.82) is 5.26 Å². The maximum absolute atomic E-state index is 13.0. The number of hydrogen-bond acceptors (Lipinski definition) is 6. The minimum atomic E-state index is -0.322. The zero-order chi connectivity index (χ0) is 18.8. The second-order valence-corrected chi connectivity index (χ2v) is 7.28. The zero-order valence-corrected chi connectivity index (χ0v) is 15.7. The van der Waals surface area contributed by atoms with Gasteiger partial charge in [-0.3, -0.25) is 0 Å². The molecule has 0 aliphatic rings. The van der Waals surface area contributed by atoms with E-state index in [4.69, 9.17) is 4.42 Å². The van der Waals surface area contributed by atoms with Crippen LogP contribution in [0.2, 0.25) is 0 Å². The lowest BCUT2D eigenvalue weighted by Gasteiger charge is -2.13. The van der Waals surface area contributed by atoms with Crippen LogP contribution in [0.25, 0.3) is 11.5 Å². The number of pyridine rings is 1. The highest BCUT2D eigenvalue weighted by atomic mass is 32.2. The number of nitrogens with zero attached hydrogens (tertiary/aromatic N) is 4. The van der Waals surface area contributed by atoms with Gasteiger partial charge in [-0.25, -0.2) is 9.37 Å². The Hall–Kier alpha value is -2.72. The summed E-state index contributed by atoms with van der Waals surface area (Å²) >= 11 is 1.41. The fraction of sp³-hybridized carbons (Fsp3) is 0.263. The highest BCUT2D eigenvalue weighted by Gasteiger charge is 2.20. The van der Waals surface area contributed by atoms with Gasteiger partial charge >= 0.3 is 0 Å². The third-order valence-electron chi connectivity index (χ3n) is 4.24. The van der Waals surface area contributed by atoms with Crippen LogP contribution in [0.4, 0.5) is 4.39 Å². The number of aromatic nitrogens is 3. The van der Waals surface area contributed by atoms with E-state index in [2.05, 4.69) is 21.3 Å². The van der Waals surface area contributed by atoms with E-state index in [-0.39, 0.29) is 11.1 Å². The van der Waals surface area contributed by atoms with Gasteiger partial charge in [-0.15, -0.1) is 10.2 Å². The molecule has 132 valence electrons. The number of nitriles is 1. The van der Waals surface area contributed by atoms with Crippen molar-refractivity contribution in [2.75, 3.05) is 0 Å². The first-order valence-corrected chi connectivity index (χ1v) is 8.92. The Labute approximate surface area is 155 Å². The predicted molar refractivity (Wildman–Crippen MR) is 97.1 cm³/mol. The van der Waals surface area contributed by atoms with Gasteiger partial charge in [-0.2, -0.15) is 5.26 Å². The molecule has 5 nitrogen and oxygen atoms in total. The van der Waals surface area contributed by atoms with E-state index in [1.165, 1.54) is 23.9 Å². The summed E-state index contributed by atoms with van der Waals surface area (Å²) in [4.78, 5) is 4.55.